The van der Waals surface area contributed by atoms with Crippen LogP contribution in [0.3, 0.4) is 0 Å². The van der Waals surface area contributed by atoms with Gasteiger partial charge in [-0.1, -0.05) is 6.07 Å². The quantitative estimate of drug-likeness (QED) is 0.0410. The third-order valence-corrected chi connectivity index (χ3v) is 4.55. The Morgan fingerprint density at radius 3 is 2.22 bits per heavy atom. The van der Waals surface area contributed by atoms with Crippen LogP contribution in [0.4, 0.5) is 11.4 Å². The molecule has 0 spiro atoms. The number of anilines is 1. The van der Waals surface area contributed by atoms with E-state index in [0.29, 0.717) is 30.5 Å². The normalized spacial score (nSPS) is 10.2. The van der Waals surface area contributed by atoms with E-state index >= 15 is 0 Å². The van der Waals surface area contributed by atoms with E-state index in [1.54, 1.807) is 11.9 Å². The lowest BCUT2D eigenvalue weighted by Gasteiger charge is -2.13. The predicted molar refractivity (Wildman–Crippen MR) is 131 cm³/mol. The number of carbonyl (C=O) groups is 3. The van der Waals surface area contributed by atoms with Gasteiger partial charge in [-0.05, 0) is 42.6 Å². The molecule has 0 atom stereocenters. The molecule has 0 heterocycles. The zero-order chi connectivity index (χ0) is 27.4. The fraction of sp³-hybridized carbons (Fsp3) is 0.250. The van der Waals surface area contributed by atoms with Crippen LogP contribution in [-0.2, 0) is 4.79 Å². The molecule has 2 aromatic rings. The van der Waals surface area contributed by atoms with Crippen molar-refractivity contribution in [2.24, 2.45) is 0 Å². The number of carbonyl (C=O) groups excluding carboxylic acids is 2. The summed E-state index contributed by atoms with van der Waals surface area (Å²) in [6.45, 7) is 0.571. The summed E-state index contributed by atoms with van der Waals surface area (Å²) >= 11 is 0. The van der Waals surface area contributed by atoms with Crippen LogP contribution in [0.15, 0.2) is 36.4 Å². The van der Waals surface area contributed by atoms with Gasteiger partial charge < -0.3 is 36.3 Å². The number of nitrogens with one attached hydrogen (secondary N) is 1. The second-order valence-electron chi connectivity index (χ2n) is 7.61. The number of rotatable bonds is 11. The van der Waals surface area contributed by atoms with E-state index in [0.717, 1.165) is 18.2 Å². The van der Waals surface area contributed by atoms with E-state index < -0.39 is 36.7 Å². The summed E-state index contributed by atoms with van der Waals surface area (Å²) in [4.78, 5) is 44.5. The maximum absolute atomic E-state index is 12.0. The van der Waals surface area contributed by atoms with Crippen LogP contribution >= 0.6 is 0 Å². The number of non-ortho nitro benzene ring substituents is 1. The third kappa shape index (κ3) is 10.6. The van der Waals surface area contributed by atoms with Crippen molar-refractivity contribution in [3.63, 3.8) is 0 Å². The van der Waals surface area contributed by atoms with Crippen molar-refractivity contribution >= 4 is 54.7 Å². The number of aldehydes is 1. The smallest absolute Gasteiger partial charge is 0.480 e. The van der Waals surface area contributed by atoms with E-state index in [1.807, 2.05) is 0 Å². The van der Waals surface area contributed by atoms with E-state index in [1.165, 1.54) is 18.2 Å². The molecule has 0 aliphatic rings. The third-order valence-electron chi connectivity index (χ3n) is 4.55. The molecule has 8 N–H and O–H groups in total. The number of carboxylic acids is 1. The molecule has 0 unspecified atom stereocenters. The van der Waals surface area contributed by atoms with Crippen LogP contribution in [0.1, 0.15) is 27.1 Å². The summed E-state index contributed by atoms with van der Waals surface area (Å²) in [7, 11) is -1.89. The standard InChI is InChI=1S/C13H18BN3O7.C7H8BNO3/c1-16(8-12(18)19)4-2-3-15-13(20)9-5-10(14(21)22)7-11(6-9)17(23)24;9-7-2-5(4-10)1-6(3-7)8(11)12/h5-7,21-22H,2-4,8H2,1H3,(H,15,20)(H,18,19);1-4,11-12H,9H2. The number of benzene rings is 2. The lowest BCUT2D eigenvalue weighted by atomic mass is 9.79. The SMILES string of the molecule is CN(CCCNC(=O)c1cc(B(O)O)cc([N+](=O)[O-])c1)CC(=O)O.Nc1cc(C=O)cc(B(O)O)c1. The molecule has 0 saturated carbocycles. The first kappa shape index (κ1) is 30.2. The van der Waals surface area contributed by atoms with Gasteiger partial charge in [-0.15, -0.1) is 0 Å². The van der Waals surface area contributed by atoms with Gasteiger partial charge in [0.2, 0.25) is 0 Å². The second kappa shape index (κ2) is 14.5. The number of nitrogens with zero attached hydrogens (tertiary/aromatic N) is 2. The summed E-state index contributed by atoms with van der Waals surface area (Å²) in [5.74, 6) is -1.55. The number of hydrogen-bond donors (Lipinski definition) is 7. The van der Waals surface area contributed by atoms with Gasteiger partial charge in [-0.3, -0.25) is 29.4 Å². The first-order chi connectivity index (χ1) is 16.8. The fourth-order valence-corrected chi connectivity index (χ4v) is 2.90. The van der Waals surface area contributed by atoms with Crippen molar-refractivity contribution in [2.75, 3.05) is 32.4 Å². The van der Waals surface area contributed by atoms with Gasteiger partial charge in [0.1, 0.15) is 6.29 Å². The molecule has 0 aromatic heterocycles. The molecular formula is C20H26B2N4O10. The molecule has 16 heteroatoms. The van der Waals surface area contributed by atoms with Gasteiger partial charge in [0.05, 0.1) is 11.5 Å². The lowest BCUT2D eigenvalue weighted by molar-refractivity contribution is -0.384. The van der Waals surface area contributed by atoms with Crippen LogP contribution in [0.5, 0.6) is 0 Å². The minimum Gasteiger partial charge on any atom is -0.480 e. The topological polar surface area (TPSA) is 237 Å². The summed E-state index contributed by atoms with van der Waals surface area (Å²) in [5.41, 5.74) is 5.63. The number of hydrogen-bond acceptors (Lipinski definition) is 11. The molecule has 0 aliphatic carbocycles. The Balaban J connectivity index is 0.000000450. The molecule has 0 fully saturated rings. The fourth-order valence-electron chi connectivity index (χ4n) is 2.90. The lowest BCUT2D eigenvalue weighted by Crippen LogP contribution is -2.33. The maximum atomic E-state index is 12.0. The van der Waals surface area contributed by atoms with Crippen LogP contribution in [0, 0.1) is 10.1 Å². The number of carboxylic acid groups (broad SMARTS) is 1. The average molecular weight is 504 g/mol. The highest BCUT2D eigenvalue weighted by molar-refractivity contribution is 6.59. The van der Waals surface area contributed by atoms with Gasteiger partial charge in [-0.2, -0.15) is 0 Å². The molecule has 0 aliphatic heterocycles. The summed E-state index contributed by atoms with van der Waals surface area (Å²) in [5, 5.41) is 57.8. The molecule has 36 heavy (non-hydrogen) atoms. The summed E-state index contributed by atoms with van der Waals surface area (Å²) in [6, 6.07) is 7.40. The Morgan fingerprint density at radius 2 is 1.69 bits per heavy atom. The molecule has 2 aromatic carbocycles. The Bertz CT molecular complexity index is 1080. The van der Waals surface area contributed by atoms with Gasteiger partial charge in [0, 0.05) is 42.0 Å². The number of amides is 1. The first-order valence-electron chi connectivity index (χ1n) is 10.4. The molecule has 0 bridgehead atoms. The van der Waals surface area contributed by atoms with Crippen molar-refractivity contribution in [2.45, 2.75) is 6.42 Å². The van der Waals surface area contributed by atoms with Crippen LogP contribution in [-0.4, -0.2) is 94.1 Å². The Kier molecular flexibility index (Phi) is 12.2. The molecular weight excluding hydrogens is 478 g/mol. The van der Waals surface area contributed by atoms with E-state index in [9.17, 15) is 24.5 Å². The molecule has 0 radical (unpaired) electrons. The number of nitro benzene ring substituents is 1. The highest BCUT2D eigenvalue weighted by Gasteiger charge is 2.20. The Hall–Kier alpha value is -3.82. The first-order valence-corrected chi connectivity index (χ1v) is 10.4. The Morgan fingerprint density at radius 1 is 1.08 bits per heavy atom. The minimum atomic E-state index is -1.93. The highest BCUT2D eigenvalue weighted by atomic mass is 16.6. The average Bonchev–Trinajstić information content (AvgIpc) is 2.80. The second-order valence-corrected chi connectivity index (χ2v) is 7.61. The molecule has 192 valence electrons. The number of nitrogen functional groups attached to an aromatic ring is 1. The maximum Gasteiger partial charge on any atom is 0.488 e. The van der Waals surface area contributed by atoms with E-state index in [4.69, 9.17) is 30.9 Å². The number of nitro groups is 1. The van der Waals surface area contributed by atoms with E-state index in [-0.39, 0.29) is 29.6 Å². The van der Waals surface area contributed by atoms with Crippen molar-refractivity contribution in [1.82, 2.24) is 10.2 Å². The highest BCUT2D eigenvalue weighted by Crippen LogP contribution is 2.12. The minimum absolute atomic E-state index is 0.0637. The van der Waals surface area contributed by atoms with Crippen molar-refractivity contribution in [1.29, 1.82) is 0 Å². The van der Waals surface area contributed by atoms with Crippen molar-refractivity contribution in [3.05, 3.63) is 57.6 Å². The number of likely N-dealkylation sites (N-methyl/N-ethyl adjacent to an activating group) is 1. The number of nitrogens with two attached hydrogens (primary N) is 1. The molecule has 0 saturated heterocycles. The largest absolute Gasteiger partial charge is 0.488 e. The van der Waals surface area contributed by atoms with Gasteiger partial charge in [0.25, 0.3) is 11.6 Å². The van der Waals surface area contributed by atoms with Crippen LogP contribution < -0.4 is 22.0 Å². The molecule has 2 rings (SSSR count). The zero-order valence-corrected chi connectivity index (χ0v) is 19.3. The van der Waals surface area contributed by atoms with Crippen molar-refractivity contribution in [3.8, 4) is 0 Å². The number of aliphatic carboxylic acids is 1. The summed E-state index contributed by atoms with van der Waals surface area (Å²) < 4.78 is 0. The molecule has 1 amide bonds. The monoisotopic (exact) mass is 504 g/mol. The summed E-state index contributed by atoms with van der Waals surface area (Å²) in [6.07, 6.45) is 1.09. The predicted octanol–water partition coefficient (Wildman–Crippen LogP) is -2.83. The van der Waals surface area contributed by atoms with Crippen LogP contribution in [0.2, 0.25) is 0 Å². The Labute approximate surface area is 206 Å². The van der Waals surface area contributed by atoms with Gasteiger partial charge in [0.15, 0.2) is 0 Å². The van der Waals surface area contributed by atoms with E-state index in [2.05, 4.69) is 5.32 Å². The van der Waals surface area contributed by atoms with Crippen LogP contribution in [0.25, 0.3) is 0 Å². The van der Waals surface area contributed by atoms with Gasteiger partial charge in [-0.25, -0.2) is 0 Å². The van der Waals surface area contributed by atoms with Gasteiger partial charge >= 0.3 is 20.2 Å². The van der Waals surface area contributed by atoms with Crippen molar-refractivity contribution < 1.29 is 44.5 Å². The zero-order valence-electron chi connectivity index (χ0n) is 19.3. The molecule has 14 nitrogen and oxygen atoms in total.